The predicted octanol–water partition coefficient (Wildman–Crippen LogP) is 4.94. The summed E-state index contributed by atoms with van der Waals surface area (Å²) in [6.45, 7) is 0.812. The summed E-state index contributed by atoms with van der Waals surface area (Å²) in [5.74, 6) is 1.18. The van der Waals surface area contributed by atoms with Crippen molar-refractivity contribution in [3.8, 4) is 22.9 Å². The van der Waals surface area contributed by atoms with Gasteiger partial charge in [-0.15, -0.1) is 0 Å². The quantitative estimate of drug-likeness (QED) is 0.424. The first kappa shape index (κ1) is 19.8. The van der Waals surface area contributed by atoms with Gasteiger partial charge in [-0.3, -0.25) is 4.79 Å². The van der Waals surface area contributed by atoms with Gasteiger partial charge in [0.05, 0.1) is 18.5 Å². The van der Waals surface area contributed by atoms with Crippen molar-refractivity contribution in [2.45, 2.75) is 0 Å². The zero-order valence-electron chi connectivity index (χ0n) is 16.4. The van der Waals surface area contributed by atoms with E-state index in [0.717, 1.165) is 11.4 Å². The highest BCUT2D eigenvalue weighted by Gasteiger charge is 2.21. The first-order chi connectivity index (χ1) is 14.6. The van der Waals surface area contributed by atoms with Crippen LogP contribution in [-0.2, 0) is 0 Å². The maximum atomic E-state index is 13.0. The molecule has 0 spiro atoms. The molecular weight excluding hydrogens is 402 g/mol. The Kier molecular flexibility index (Phi) is 5.86. The molecule has 0 radical (unpaired) electrons. The first-order valence-electron chi connectivity index (χ1n) is 9.45. The van der Waals surface area contributed by atoms with E-state index < -0.39 is 0 Å². The molecule has 4 rings (SSSR count). The Hall–Kier alpha value is -3.51. The number of hydrogen-bond acceptors (Lipinski definition) is 4. The van der Waals surface area contributed by atoms with Gasteiger partial charge in [-0.25, -0.2) is 4.68 Å². The molecule has 0 unspecified atom stereocenters. The van der Waals surface area contributed by atoms with Crippen LogP contribution >= 0.6 is 11.6 Å². The summed E-state index contributed by atoms with van der Waals surface area (Å²) < 4.78 is 12.9. The Labute approximate surface area is 179 Å². The van der Waals surface area contributed by atoms with Crippen LogP contribution in [0.2, 0.25) is 5.02 Å². The number of ether oxygens (including phenoxy) is 1. The molecule has 0 aliphatic heterocycles. The standard InChI is InChI=1S/C23H20ClN3O3/c1-26(13-15-29-19-6-3-2-4-7-19)23(28)20-16-21(22-8-5-14-30-22)27(25-20)18-11-9-17(24)10-12-18/h2-12,14,16H,13,15H2,1H3. The van der Waals surface area contributed by atoms with E-state index in [9.17, 15) is 4.79 Å². The van der Waals surface area contributed by atoms with Gasteiger partial charge in [-0.2, -0.15) is 5.10 Å². The van der Waals surface area contributed by atoms with Crippen LogP contribution in [0.3, 0.4) is 0 Å². The molecule has 1 amide bonds. The number of para-hydroxylation sites is 1. The summed E-state index contributed by atoms with van der Waals surface area (Å²) >= 11 is 6.01. The van der Waals surface area contributed by atoms with E-state index in [4.69, 9.17) is 20.8 Å². The van der Waals surface area contributed by atoms with E-state index >= 15 is 0 Å². The molecule has 2 aromatic carbocycles. The van der Waals surface area contributed by atoms with Crippen LogP contribution in [0.5, 0.6) is 5.75 Å². The predicted molar refractivity (Wildman–Crippen MR) is 115 cm³/mol. The summed E-state index contributed by atoms with van der Waals surface area (Å²) in [4.78, 5) is 14.5. The number of furan rings is 1. The molecular formula is C23H20ClN3O3. The lowest BCUT2D eigenvalue weighted by atomic mass is 10.2. The highest BCUT2D eigenvalue weighted by Crippen LogP contribution is 2.25. The number of hydrogen-bond donors (Lipinski definition) is 0. The fraction of sp³-hybridized carbons (Fsp3) is 0.130. The molecule has 2 heterocycles. The monoisotopic (exact) mass is 421 g/mol. The number of amides is 1. The molecule has 4 aromatic rings. The molecule has 0 saturated carbocycles. The third kappa shape index (κ3) is 4.39. The second kappa shape index (κ2) is 8.88. The smallest absolute Gasteiger partial charge is 0.274 e. The molecule has 0 fully saturated rings. The van der Waals surface area contributed by atoms with E-state index in [1.165, 1.54) is 0 Å². The lowest BCUT2D eigenvalue weighted by molar-refractivity contribution is 0.0767. The number of aromatic nitrogens is 2. The minimum atomic E-state index is -0.202. The summed E-state index contributed by atoms with van der Waals surface area (Å²) in [6.07, 6.45) is 1.59. The SMILES string of the molecule is CN(CCOc1ccccc1)C(=O)c1cc(-c2ccco2)n(-c2ccc(Cl)cc2)n1. The fourth-order valence-electron chi connectivity index (χ4n) is 2.98. The minimum Gasteiger partial charge on any atom is -0.492 e. The van der Waals surface area contributed by atoms with Crippen molar-refractivity contribution >= 4 is 17.5 Å². The maximum absolute atomic E-state index is 13.0. The molecule has 0 N–H and O–H groups in total. The van der Waals surface area contributed by atoms with Gasteiger partial charge in [0.2, 0.25) is 0 Å². The number of rotatable bonds is 7. The van der Waals surface area contributed by atoms with Crippen molar-refractivity contribution in [3.05, 3.63) is 89.8 Å². The average molecular weight is 422 g/mol. The first-order valence-corrected chi connectivity index (χ1v) is 9.83. The fourth-order valence-corrected chi connectivity index (χ4v) is 3.10. The van der Waals surface area contributed by atoms with Gasteiger partial charge in [0.25, 0.3) is 5.91 Å². The van der Waals surface area contributed by atoms with Crippen LogP contribution in [-0.4, -0.2) is 40.8 Å². The number of benzene rings is 2. The second-order valence-corrected chi connectivity index (χ2v) is 7.10. The summed E-state index contributed by atoms with van der Waals surface area (Å²) in [5, 5.41) is 5.16. The molecule has 0 aliphatic carbocycles. The van der Waals surface area contributed by atoms with Gasteiger partial charge in [0.1, 0.15) is 18.1 Å². The topological polar surface area (TPSA) is 60.5 Å². The maximum Gasteiger partial charge on any atom is 0.274 e. The lowest BCUT2D eigenvalue weighted by Crippen LogP contribution is -2.31. The average Bonchev–Trinajstić information content (AvgIpc) is 3.44. The van der Waals surface area contributed by atoms with Crippen LogP contribution in [0.1, 0.15) is 10.5 Å². The van der Waals surface area contributed by atoms with Gasteiger partial charge in [0.15, 0.2) is 11.5 Å². The number of carbonyl (C=O) groups is 1. The van der Waals surface area contributed by atoms with Gasteiger partial charge in [-0.05, 0) is 48.5 Å². The summed E-state index contributed by atoms with van der Waals surface area (Å²) in [7, 11) is 1.73. The minimum absolute atomic E-state index is 0.202. The van der Waals surface area contributed by atoms with Crippen LogP contribution in [0, 0.1) is 0 Å². The Morgan fingerprint density at radius 3 is 2.57 bits per heavy atom. The summed E-state index contributed by atoms with van der Waals surface area (Å²) in [5.41, 5.74) is 1.78. The highest BCUT2D eigenvalue weighted by molar-refractivity contribution is 6.30. The molecule has 0 atom stereocenters. The molecule has 152 valence electrons. The molecule has 7 heteroatoms. The second-order valence-electron chi connectivity index (χ2n) is 6.67. The van der Waals surface area contributed by atoms with E-state index in [0.29, 0.717) is 35.3 Å². The Morgan fingerprint density at radius 2 is 1.87 bits per heavy atom. The van der Waals surface area contributed by atoms with Crippen molar-refractivity contribution in [1.29, 1.82) is 0 Å². The van der Waals surface area contributed by atoms with Crippen molar-refractivity contribution < 1.29 is 13.9 Å². The normalized spacial score (nSPS) is 10.7. The Balaban J connectivity index is 1.53. The molecule has 30 heavy (non-hydrogen) atoms. The van der Waals surface area contributed by atoms with Gasteiger partial charge in [0, 0.05) is 18.1 Å². The summed E-state index contributed by atoms with van der Waals surface area (Å²) in [6, 6.07) is 22.1. The number of likely N-dealkylation sites (N-methyl/N-ethyl adjacent to an activating group) is 1. The third-order valence-corrected chi connectivity index (χ3v) is 4.81. The van der Waals surface area contributed by atoms with Crippen molar-refractivity contribution in [2.75, 3.05) is 20.2 Å². The zero-order chi connectivity index (χ0) is 20.9. The Morgan fingerprint density at radius 1 is 1.10 bits per heavy atom. The molecule has 0 aliphatic rings. The van der Waals surface area contributed by atoms with Gasteiger partial charge in [-0.1, -0.05) is 29.8 Å². The van der Waals surface area contributed by atoms with Crippen molar-refractivity contribution in [2.24, 2.45) is 0 Å². The van der Waals surface area contributed by atoms with Crippen LogP contribution in [0.15, 0.2) is 83.5 Å². The molecule has 6 nitrogen and oxygen atoms in total. The highest BCUT2D eigenvalue weighted by atomic mass is 35.5. The van der Waals surface area contributed by atoms with Crippen LogP contribution < -0.4 is 4.74 Å². The van der Waals surface area contributed by atoms with Gasteiger partial charge < -0.3 is 14.1 Å². The van der Waals surface area contributed by atoms with Crippen LogP contribution in [0.25, 0.3) is 17.1 Å². The molecule has 2 aromatic heterocycles. The van der Waals surface area contributed by atoms with Crippen LogP contribution in [0.4, 0.5) is 0 Å². The Bertz CT molecular complexity index is 1110. The van der Waals surface area contributed by atoms with E-state index in [1.54, 1.807) is 47.2 Å². The van der Waals surface area contributed by atoms with E-state index in [1.807, 2.05) is 48.5 Å². The molecule has 0 saturated heterocycles. The lowest BCUT2D eigenvalue weighted by Gasteiger charge is -2.16. The number of carbonyl (C=O) groups excluding carboxylic acids is 1. The van der Waals surface area contributed by atoms with E-state index in [2.05, 4.69) is 5.10 Å². The molecule has 0 bridgehead atoms. The van der Waals surface area contributed by atoms with E-state index in [-0.39, 0.29) is 5.91 Å². The van der Waals surface area contributed by atoms with Crippen molar-refractivity contribution in [1.82, 2.24) is 14.7 Å². The van der Waals surface area contributed by atoms with Gasteiger partial charge >= 0.3 is 0 Å². The number of halogens is 1. The largest absolute Gasteiger partial charge is 0.492 e. The number of nitrogens with zero attached hydrogens (tertiary/aromatic N) is 3. The van der Waals surface area contributed by atoms with Crippen molar-refractivity contribution in [3.63, 3.8) is 0 Å². The zero-order valence-corrected chi connectivity index (χ0v) is 17.1. The third-order valence-electron chi connectivity index (χ3n) is 4.56.